The van der Waals surface area contributed by atoms with Crippen molar-refractivity contribution >= 4 is 39.0 Å². The number of nitrogens with two attached hydrogens (primary N) is 1. The van der Waals surface area contributed by atoms with E-state index in [1.54, 1.807) is 35.5 Å². The normalized spacial score (nSPS) is 12.2. The largest absolute Gasteiger partial charge is 0.383 e. The Hall–Kier alpha value is -1.40. The van der Waals surface area contributed by atoms with Gasteiger partial charge in [0, 0.05) is 22.6 Å². The molecule has 1 atom stereocenters. The number of pyridine rings is 1. The van der Waals surface area contributed by atoms with Crippen molar-refractivity contribution in [2.24, 2.45) is 0 Å². The Morgan fingerprint density at radius 2 is 2.32 bits per heavy atom. The number of thiophene rings is 1. The molecular formula is C13H14BrN3OS. The maximum Gasteiger partial charge on any atom is 0.257 e. The van der Waals surface area contributed by atoms with Gasteiger partial charge in [-0.15, -0.1) is 11.3 Å². The van der Waals surface area contributed by atoms with Crippen LogP contribution in [0.3, 0.4) is 0 Å². The SMILES string of the molecule is CC(c1cccs1)N(C)C(=O)c1cc(Br)cnc1N. The Kier molecular flexibility index (Phi) is 4.21. The van der Waals surface area contributed by atoms with Gasteiger partial charge < -0.3 is 10.6 Å². The van der Waals surface area contributed by atoms with Crippen LogP contribution in [0.25, 0.3) is 0 Å². The Labute approximate surface area is 124 Å². The summed E-state index contributed by atoms with van der Waals surface area (Å²) in [5, 5.41) is 2.00. The molecule has 4 nitrogen and oxygen atoms in total. The fourth-order valence-electron chi connectivity index (χ4n) is 1.71. The highest BCUT2D eigenvalue weighted by Crippen LogP contribution is 2.26. The second kappa shape index (κ2) is 5.71. The van der Waals surface area contributed by atoms with E-state index in [-0.39, 0.29) is 17.8 Å². The zero-order chi connectivity index (χ0) is 14.0. The highest BCUT2D eigenvalue weighted by atomic mass is 79.9. The van der Waals surface area contributed by atoms with Gasteiger partial charge in [0.2, 0.25) is 0 Å². The van der Waals surface area contributed by atoms with Crippen molar-refractivity contribution in [3.8, 4) is 0 Å². The zero-order valence-corrected chi connectivity index (χ0v) is 13.0. The minimum absolute atomic E-state index is 0.00545. The van der Waals surface area contributed by atoms with E-state index in [9.17, 15) is 4.79 Å². The average molecular weight is 340 g/mol. The number of halogens is 1. The van der Waals surface area contributed by atoms with Crippen LogP contribution in [0.4, 0.5) is 5.82 Å². The number of amides is 1. The van der Waals surface area contributed by atoms with Crippen LogP contribution in [0.15, 0.2) is 34.2 Å². The van der Waals surface area contributed by atoms with Crippen molar-refractivity contribution in [2.45, 2.75) is 13.0 Å². The van der Waals surface area contributed by atoms with Crippen LogP contribution in [-0.2, 0) is 0 Å². The first-order valence-electron chi connectivity index (χ1n) is 5.72. The lowest BCUT2D eigenvalue weighted by Crippen LogP contribution is -2.30. The van der Waals surface area contributed by atoms with E-state index < -0.39 is 0 Å². The summed E-state index contributed by atoms with van der Waals surface area (Å²) in [6.07, 6.45) is 1.58. The predicted molar refractivity (Wildman–Crippen MR) is 81.2 cm³/mol. The molecule has 0 spiro atoms. The summed E-state index contributed by atoms with van der Waals surface area (Å²) >= 11 is 4.93. The number of nitrogen functional groups attached to an aromatic ring is 1. The van der Waals surface area contributed by atoms with Crippen LogP contribution in [-0.4, -0.2) is 22.8 Å². The van der Waals surface area contributed by atoms with Crippen LogP contribution in [0, 0.1) is 0 Å². The number of anilines is 1. The van der Waals surface area contributed by atoms with Gasteiger partial charge in [0.15, 0.2) is 0 Å². The fraction of sp³-hybridized carbons (Fsp3) is 0.231. The molecular weight excluding hydrogens is 326 g/mol. The maximum atomic E-state index is 12.4. The van der Waals surface area contributed by atoms with E-state index >= 15 is 0 Å². The monoisotopic (exact) mass is 339 g/mol. The Morgan fingerprint density at radius 1 is 1.58 bits per heavy atom. The summed E-state index contributed by atoms with van der Waals surface area (Å²) in [5.41, 5.74) is 6.19. The van der Waals surface area contributed by atoms with Crippen molar-refractivity contribution < 1.29 is 4.79 Å². The third kappa shape index (κ3) is 2.96. The molecule has 0 fully saturated rings. The van der Waals surface area contributed by atoms with Gasteiger partial charge in [-0.25, -0.2) is 4.98 Å². The summed E-state index contributed by atoms with van der Waals surface area (Å²) in [7, 11) is 1.77. The fourth-order valence-corrected chi connectivity index (χ4v) is 2.86. The molecule has 0 aromatic carbocycles. The molecule has 0 bridgehead atoms. The molecule has 1 unspecified atom stereocenters. The summed E-state index contributed by atoms with van der Waals surface area (Å²) < 4.78 is 0.738. The molecule has 0 saturated carbocycles. The second-order valence-corrected chi connectivity index (χ2v) is 6.09. The van der Waals surface area contributed by atoms with Gasteiger partial charge in [-0.2, -0.15) is 0 Å². The number of carbonyl (C=O) groups excluding carboxylic acids is 1. The molecule has 0 radical (unpaired) electrons. The van der Waals surface area contributed by atoms with Crippen LogP contribution in [0.1, 0.15) is 28.2 Å². The topological polar surface area (TPSA) is 59.2 Å². The molecule has 6 heteroatoms. The van der Waals surface area contributed by atoms with Crippen molar-refractivity contribution in [2.75, 3.05) is 12.8 Å². The van der Waals surface area contributed by atoms with Gasteiger partial charge in [0.05, 0.1) is 11.6 Å². The summed E-state index contributed by atoms with van der Waals surface area (Å²) in [5.74, 6) is 0.116. The van der Waals surface area contributed by atoms with E-state index in [0.29, 0.717) is 5.56 Å². The van der Waals surface area contributed by atoms with Crippen LogP contribution in [0.2, 0.25) is 0 Å². The molecule has 0 aliphatic carbocycles. The standard InChI is InChI=1S/C13H14BrN3OS/c1-8(11-4-3-5-19-11)17(2)13(18)10-6-9(14)7-16-12(10)15/h3-8H,1-2H3,(H2,15,16). The second-order valence-electron chi connectivity index (χ2n) is 4.19. The maximum absolute atomic E-state index is 12.4. The molecule has 0 aliphatic heterocycles. The molecule has 19 heavy (non-hydrogen) atoms. The Bertz CT molecular complexity index is 586. The third-order valence-corrected chi connectivity index (χ3v) is 4.45. The molecule has 0 aliphatic rings. The lowest BCUT2D eigenvalue weighted by Gasteiger charge is -2.24. The van der Waals surface area contributed by atoms with Gasteiger partial charge in [-0.3, -0.25) is 4.79 Å². The number of hydrogen-bond donors (Lipinski definition) is 1. The van der Waals surface area contributed by atoms with E-state index in [4.69, 9.17) is 5.73 Å². The number of nitrogens with zero attached hydrogens (tertiary/aromatic N) is 2. The molecule has 0 saturated heterocycles. The first kappa shape index (κ1) is 14.0. The molecule has 2 heterocycles. The van der Waals surface area contributed by atoms with Crippen molar-refractivity contribution in [3.05, 3.63) is 44.7 Å². The average Bonchev–Trinajstić information content (AvgIpc) is 2.93. The summed E-state index contributed by atoms with van der Waals surface area (Å²) in [6, 6.07) is 5.69. The van der Waals surface area contributed by atoms with Gasteiger partial charge >= 0.3 is 0 Å². The van der Waals surface area contributed by atoms with Gasteiger partial charge in [-0.1, -0.05) is 6.07 Å². The van der Waals surface area contributed by atoms with Gasteiger partial charge in [0.1, 0.15) is 5.82 Å². The molecule has 2 rings (SSSR count). The highest BCUT2D eigenvalue weighted by Gasteiger charge is 2.22. The quantitative estimate of drug-likeness (QED) is 0.932. The number of aromatic nitrogens is 1. The minimum atomic E-state index is -0.132. The van der Waals surface area contributed by atoms with Crippen molar-refractivity contribution in [1.82, 2.24) is 9.88 Å². The smallest absolute Gasteiger partial charge is 0.257 e. The van der Waals surface area contributed by atoms with E-state index in [2.05, 4.69) is 20.9 Å². The number of rotatable bonds is 3. The highest BCUT2D eigenvalue weighted by molar-refractivity contribution is 9.10. The van der Waals surface area contributed by atoms with Crippen molar-refractivity contribution in [3.63, 3.8) is 0 Å². The first-order valence-corrected chi connectivity index (χ1v) is 7.39. The van der Waals surface area contributed by atoms with E-state index in [1.807, 2.05) is 24.4 Å². The summed E-state index contributed by atoms with van der Waals surface area (Å²) in [4.78, 5) is 19.2. The Morgan fingerprint density at radius 3 is 2.95 bits per heavy atom. The molecule has 2 N–H and O–H groups in total. The van der Waals surface area contributed by atoms with Crippen LogP contribution < -0.4 is 5.73 Å². The lowest BCUT2D eigenvalue weighted by molar-refractivity contribution is 0.0745. The van der Waals surface area contributed by atoms with E-state index in [1.165, 1.54) is 0 Å². The molecule has 2 aromatic rings. The Balaban J connectivity index is 2.26. The molecule has 100 valence electrons. The van der Waals surface area contributed by atoms with Crippen LogP contribution >= 0.6 is 27.3 Å². The van der Waals surface area contributed by atoms with E-state index in [0.717, 1.165) is 9.35 Å². The molecule has 1 amide bonds. The number of hydrogen-bond acceptors (Lipinski definition) is 4. The van der Waals surface area contributed by atoms with Gasteiger partial charge in [0.25, 0.3) is 5.91 Å². The van der Waals surface area contributed by atoms with Gasteiger partial charge in [-0.05, 0) is 40.4 Å². The number of carbonyl (C=O) groups is 1. The lowest BCUT2D eigenvalue weighted by atomic mass is 10.2. The minimum Gasteiger partial charge on any atom is -0.383 e. The van der Waals surface area contributed by atoms with Crippen molar-refractivity contribution in [1.29, 1.82) is 0 Å². The van der Waals surface area contributed by atoms with Crippen LogP contribution in [0.5, 0.6) is 0 Å². The zero-order valence-electron chi connectivity index (χ0n) is 10.6. The first-order chi connectivity index (χ1) is 9.00. The molecule has 2 aromatic heterocycles. The third-order valence-electron chi connectivity index (χ3n) is 2.97. The predicted octanol–water partition coefficient (Wildman–Crippen LogP) is 3.32. The summed E-state index contributed by atoms with van der Waals surface area (Å²) in [6.45, 7) is 1.99.